The Bertz CT molecular complexity index is 404. The summed E-state index contributed by atoms with van der Waals surface area (Å²) in [4.78, 5) is 2.49. The van der Waals surface area contributed by atoms with E-state index in [-0.39, 0.29) is 17.9 Å². The number of nitrogens with zero attached hydrogens (tertiary/aromatic N) is 1. The second-order valence-electron chi connectivity index (χ2n) is 5.96. The molecule has 0 bridgehead atoms. The zero-order chi connectivity index (χ0) is 14.0. The fraction of sp³-hybridized carbons (Fsp3) is 0.625. The molecule has 4 atom stereocenters. The van der Waals surface area contributed by atoms with Crippen LogP contribution in [0.3, 0.4) is 0 Å². The molecule has 106 valence electrons. The van der Waals surface area contributed by atoms with E-state index in [0.29, 0.717) is 12.0 Å². The monoisotopic (exact) mass is 264 g/mol. The van der Waals surface area contributed by atoms with Gasteiger partial charge in [-0.3, -0.25) is 4.90 Å². The topological polar surface area (TPSA) is 29.3 Å². The third-order valence-corrected chi connectivity index (χ3v) is 4.28. The van der Waals surface area contributed by atoms with Gasteiger partial charge in [-0.05, 0) is 43.4 Å². The Labute approximate surface area is 115 Å². The van der Waals surface area contributed by atoms with Crippen LogP contribution in [0.25, 0.3) is 0 Å². The van der Waals surface area contributed by atoms with Gasteiger partial charge < -0.3 is 5.73 Å². The summed E-state index contributed by atoms with van der Waals surface area (Å²) in [5.74, 6) is 0.525. The van der Waals surface area contributed by atoms with Crippen molar-refractivity contribution in [3.05, 3.63) is 35.6 Å². The highest BCUT2D eigenvalue weighted by atomic mass is 19.1. The zero-order valence-electron chi connectivity index (χ0n) is 12.1. The second kappa shape index (κ2) is 6.02. The molecular weight excluding hydrogens is 239 g/mol. The first-order chi connectivity index (χ1) is 9.02. The summed E-state index contributed by atoms with van der Waals surface area (Å²) >= 11 is 0. The van der Waals surface area contributed by atoms with Crippen LogP contribution in [0.5, 0.6) is 0 Å². The molecule has 0 spiro atoms. The molecule has 4 unspecified atom stereocenters. The standard InChI is InChI=1S/C16H25FN2/c1-4-15(18)16(13-5-7-14(17)8-6-13)19-10-11(2)9-12(19)3/h5-8,11-12,15-16H,4,9-10,18H2,1-3H3. The Kier molecular flexibility index (Phi) is 4.58. The molecular formula is C16H25FN2. The summed E-state index contributed by atoms with van der Waals surface area (Å²) in [6, 6.07) is 7.67. The van der Waals surface area contributed by atoms with E-state index in [1.54, 1.807) is 0 Å². The van der Waals surface area contributed by atoms with Crippen LogP contribution >= 0.6 is 0 Å². The Morgan fingerprint density at radius 1 is 1.32 bits per heavy atom. The maximum atomic E-state index is 13.1. The smallest absolute Gasteiger partial charge is 0.123 e. The number of halogens is 1. The van der Waals surface area contributed by atoms with Crippen molar-refractivity contribution in [2.75, 3.05) is 6.54 Å². The summed E-state index contributed by atoms with van der Waals surface area (Å²) in [5, 5.41) is 0. The molecule has 2 nitrogen and oxygen atoms in total. The van der Waals surface area contributed by atoms with E-state index < -0.39 is 0 Å². The SMILES string of the molecule is CCC(N)C(c1ccc(F)cc1)N1CC(C)CC1C. The number of nitrogens with two attached hydrogens (primary N) is 1. The van der Waals surface area contributed by atoms with Gasteiger partial charge in [0, 0.05) is 18.6 Å². The molecule has 1 aliphatic rings. The van der Waals surface area contributed by atoms with Gasteiger partial charge in [-0.1, -0.05) is 26.0 Å². The van der Waals surface area contributed by atoms with E-state index in [4.69, 9.17) is 5.73 Å². The summed E-state index contributed by atoms with van der Waals surface area (Å²) in [7, 11) is 0. The van der Waals surface area contributed by atoms with E-state index in [0.717, 1.165) is 18.5 Å². The van der Waals surface area contributed by atoms with E-state index in [1.165, 1.54) is 18.6 Å². The van der Waals surface area contributed by atoms with Gasteiger partial charge in [0.05, 0.1) is 6.04 Å². The normalized spacial score (nSPS) is 27.4. The van der Waals surface area contributed by atoms with Gasteiger partial charge >= 0.3 is 0 Å². The molecule has 0 aliphatic carbocycles. The largest absolute Gasteiger partial charge is 0.326 e. The van der Waals surface area contributed by atoms with Gasteiger partial charge in [0.2, 0.25) is 0 Å². The molecule has 1 aromatic rings. The predicted octanol–water partition coefficient (Wildman–Crippen LogP) is 3.33. The van der Waals surface area contributed by atoms with Crippen LogP contribution in [0.2, 0.25) is 0 Å². The lowest BCUT2D eigenvalue weighted by Gasteiger charge is -2.35. The van der Waals surface area contributed by atoms with Crippen LogP contribution in [-0.4, -0.2) is 23.5 Å². The van der Waals surface area contributed by atoms with Crippen LogP contribution in [0.1, 0.15) is 45.2 Å². The third-order valence-electron chi connectivity index (χ3n) is 4.28. The van der Waals surface area contributed by atoms with Crippen molar-refractivity contribution < 1.29 is 4.39 Å². The molecule has 0 radical (unpaired) electrons. The first-order valence-corrected chi connectivity index (χ1v) is 7.29. The average molecular weight is 264 g/mol. The zero-order valence-corrected chi connectivity index (χ0v) is 12.1. The average Bonchev–Trinajstić information content (AvgIpc) is 2.71. The molecule has 3 heteroatoms. The first kappa shape index (κ1) is 14.5. The van der Waals surface area contributed by atoms with Crippen molar-refractivity contribution in [3.63, 3.8) is 0 Å². The third kappa shape index (κ3) is 3.15. The van der Waals surface area contributed by atoms with Crippen LogP contribution in [0.4, 0.5) is 4.39 Å². The van der Waals surface area contributed by atoms with Gasteiger partial charge in [-0.15, -0.1) is 0 Å². The summed E-state index contributed by atoms with van der Waals surface area (Å²) < 4.78 is 13.1. The van der Waals surface area contributed by atoms with Crippen molar-refractivity contribution in [2.45, 2.75) is 51.7 Å². The highest BCUT2D eigenvalue weighted by Gasteiger charge is 2.35. The lowest BCUT2D eigenvalue weighted by Crippen LogP contribution is -2.42. The Morgan fingerprint density at radius 2 is 1.95 bits per heavy atom. The van der Waals surface area contributed by atoms with Crippen molar-refractivity contribution in [2.24, 2.45) is 11.7 Å². The maximum Gasteiger partial charge on any atom is 0.123 e. The molecule has 0 amide bonds. The van der Waals surface area contributed by atoms with Gasteiger partial charge in [-0.2, -0.15) is 0 Å². The van der Waals surface area contributed by atoms with E-state index in [9.17, 15) is 4.39 Å². The molecule has 1 aliphatic heterocycles. The van der Waals surface area contributed by atoms with Crippen LogP contribution in [0.15, 0.2) is 24.3 Å². The van der Waals surface area contributed by atoms with Crippen molar-refractivity contribution in [3.8, 4) is 0 Å². The van der Waals surface area contributed by atoms with Gasteiger partial charge in [0.15, 0.2) is 0 Å². The minimum absolute atomic E-state index is 0.0956. The molecule has 0 saturated carbocycles. The van der Waals surface area contributed by atoms with Crippen LogP contribution < -0.4 is 5.73 Å². The molecule has 1 heterocycles. The van der Waals surface area contributed by atoms with E-state index >= 15 is 0 Å². The van der Waals surface area contributed by atoms with E-state index in [1.807, 2.05) is 12.1 Å². The lowest BCUT2D eigenvalue weighted by atomic mass is 9.95. The van der Waals surface area contributed by atoms with Crippen LogP contribution in [0, 0.1) is 11.7 Å². The quantitative estimate of drug-likeness (QED) is 0.903. The van der Waals surface area contributed by atoms with Crippen LogP contribution in [-0.2, 0) is 0 Å². The number of hydrogen-bond acceptors (Lipinski definition) is 2. The van der Waals surface area contributed by atoms with Gasteiger partial charge in [-0.25, -0.2) is 4.39 Å². The number of likely N-dealkylation sites (tertiary alicyclic amines) is 1. The lowest BCUT2D eigenvalue weighted by molar-refractivity contribution is 0.160. The molecule has 1 fully saturated rings. The summed E-state index contributed by atoms with van der Waals surface area (Å²) in [6.45, 7) is 7.75. The number of hydrogen-bond donors (Lipinski definition) is 1. The predicted molar refractivity (Wildman–Crippen MR) is 77.4 cm³/mol. The molecule has 19 heavy (non-hydrogen) atoms. The van der Waals surface area contributed by atoms with Gasteiger partial charge in [0.25, 0.3) is 0 Å². The van der Waals surface area contributed by atoms with Crippen molar-refractivity contribution >= 4 is 0 Å². The molecule has 2 rings (SSSR count). The number of rotatable bonds is 4. The summed E-state index contributed by atoms with van der Waals surface area (Å²) in [5.41, 5.74) is 7.48. The second-order valence-corrected chi connectivity index (χ2v) is 5.96. The number of benzene rings is 1. The fourth-order valence-corrected chi connectivity index (χ4v) is 3.29. The van der Waals surface area contributed by atoms with E-state index in [2.05, 4.69) is 25.7 Å². The Balaban J connectivity index is 2.28. The first-order valence-electron chi connectivity index (χ1n) is 7.29. The van der Waals surface area contributed by atoms with Gasteiger partial charge in [0.1, 0.15) is 5.82 Å². The summed E-state index contributed by atoms with van der Waals surface area (Å²) in [6.07, 6.45) is 2.15. The maximum absolute atomic E-state index is 13.1. The highest BCUT2D eigenvalue weighted by Crippen LogP contribution is 2.34. The Morgan fingerprint density at radius 3 is 2.42 bits per heavy atom. The van der Waals surface area contributed by atoms with Crippen molar-refractivity contribution in [1.29, 1.82) is 0 Å². The molecule has 2 N–H and O–H groups in total. The minimum atomic E-state index is -0.185. The fourth-order valence-electron chi connectivity index (χ4n) is 3.29. The molecule has 1 aromatic carbocycles. The minimum Gasteiger partial charge on any atom is -0.326 e. The highest BCUT2D eigenvalue weighted by molar-refractivity contribution is 5.22. The Hall–Kier alpha value is -0.930. The van der Waals surface area contributed by atoms with Crippen molar-refractivity contribution in [1.82, 2.24) is 4.90 Å². The molecule has 0 aromatic heterocycles. The molecule has 1 saturated heterocycles.